The van der Waals surface area contributed by atoms with Crippen molar-refractivity contribution in [2.45, 2.75) is 32.7 Å². The van der Waals surface area contributed by atoms with E-state index in [9.17, 15) is 14.7 Å². The molecule has 0 saturated carbocycles. The Morgan fingerprint density at radius 1 is 1.60 bits per heavy atom. The molecule has 1 saturated heterocycles. The van der Waals surface area contributed by atoms with Crippen molar-refractivity contribution in [3.8, 4) is 0 Å². The van der Waals surface area contributed by atoms with Crippen molar-refractivity contribution < 1.29 is 19.2 Å². The number of amides is 2. The number of nitrogens with zero attached hydrogens (tertiary/aromatic N) is 1. The Hall–Kier alpha value is -0.550. The Kier molecular flexibility index (Phi) is 3.78. The average molecular weight is 232 g/mol. The van der Waals surface area contributed by atoms with Gasteiger partial charge in [-0.3, -0.25) is 0 Å². The van der Waals surface area contributed by atoms with Crippen LogP contribution >= 0.6 is 12.6 Å². The molecular formula is C10H18NO3S+. The summed E-state index contributed by atoms with van der Waals surface area (Å²) in [5.74, 6) is -0.105. The second kappa shape index (κ2) is 4.53. The molecule has 1 N–H and O–H groups in total. The van der Waals surface area contributed by atoms with Gasteiger partial charge < -0.3 is 5.11 Å². The molecule has 4 nitrogen and oxygen atoms in total. The van der Waals surface area contributed by atoms with Gasteiger partial charge in [-0.1, -0.05) is 0 Å². The van der Waals surface area contributed by atoms with E-state index in [1.54, 1.807) is 6.92 Å². The molecule has 0 radical (unpaired) electrons. The molecule has 0 aliphatic carbocycles. The number of rotatable bonds is 2. The van der Waals surface area contributed by atoms with Gasteiger partial charge in [0.25, 0.3) is 0 Å². The Morgan fingerprint density at radius 3 is 2.53 bits per heavy atom. The van der Waals surface area contributed by atoms with Gasteiger partial charge in [0.05, 0.1) is 12.5 Å². The van der Waals surface area contributed by atoms with E-state index in [1.165, 1.54) is 0 Å². The van der Waals surface area contributed by atoms with E-state index >= 15 is 0 Å². The quantitative estimate of drug-likeness (QED) is 0.563. The van der Waals surface area contributed by atoms with Crippen LogP contribution in [0.4, 0.5) is 4.79 Å². The van der Waals surface area contributed by atoms with Crippen molar-refractivity contribution in [2.75, 3.05) is 12.3 Å². The van der Waals surface area contributed by atoms with Gasteiger partial charge in [-0.2, -0.15) is 21.9 Å². The average Bonchev–Trinajstić information content (AvgIpc) is 2.58. The SMILES string of the molecule is CC(CS)C(=O)[N@+]1(C(=O)O)CCC[C@@H]1C. The predicted octanol–water partition coefficient (Wildman–Crippen LogP) is 1.76. The Balaban J connectivity index is 3.02. The van der Waals surface area contributed by atoms with E-state index in [4.69, 9.17) is 0 Å². The van der Waals surface area contributed by atoms with Crippen LogP contribution in [0.5, 0.6) is 0 Å². The topological polar surface area (TPSA) is 54.4 Å². The van der Waals surface area contributed by atoms with Gasteiger partial charge >= 0.3 is 12.0 Å². The number of carbonyl (C=O) groups excluding carboxylic acids is 1. The molecule has 86 valence electrons. The molecule has 15 heavy (non-hydrogen) atoms. The number of quaternary nitrogens is 1. The molecule has 2 amide bonds. The summed E-state index contributed by atoms with van der Waals surface area (Å²) in [6.45, 7) is 4.00. The van der Waals surface area contributed by atoms with Gasteiger partial charge in [-0.25, -0.2) is 4.79 Å². The summed E-state index contributed by atoms with van der Waals surface area (Å²) in [4.78, 5) is 23.4. The minimum Gasteiger partial charge on any atom is -0.435 e. The van der Waals surface area contributed by atoms with Crippen LogP contribution in [0.15, 0.2) is 0 Å². The number of carboxylic acid groups (broad SMARTS) is 1. The first-order chi connectivity index (χ1) is 6.96. The van der Waals surface area contributed by atoms with Crippen molar-refractivity contribution in [1.29, 1.82) is 0 Å². The molecule has 0 aromatic carbocycles. The lowest BCUT2D eigenvalue weighted by Gasteiger charge is -2.31. The van der Waals surface area contributed by atoms with Gasteiger partial charge in [-0.15, -0.1) is 0 Å². The lowest BCUT2D eigenvalue weighted by molar-refractivity contribution is -0.793. The van der Waals surface area contributed by atoms with Crippen LogP contribution in [-0.2, 0) is 4.79 Å². The zero-order valence-electron chi connectivity index (χ0n) is 9.14. The summed E-state index contributed by atoms with van der Waals surface area (Å²) in [6.07, 6.45) is 0.592. The highest BCUT2D eigenvalue weighted by Crippen LogP contribution is 2.30. The summed E-state index contributed by atoms with van der Waals surface area (Å²) >= 11 is 4.06. The lowest BCUT2D eigenvalue weighted by Crippen LogP contribution is -2.60. The predicted molar refractivity (Wildman–Crippen MR) is 59.9 cm³/mol. The number of imide groups is 1. The van der Waals surface area contributed by atoms with Crippen molar-refractivity contribution in [3.05, 3.63) is 0 Å². The smallest absolute Gasteiger partial charge is 0.435 e. The molecule has 3 atom stereocenters. The Labute approximate surface area is 95.3 Å². The van der Waals surface area contributed by atoms with Crippen LogP contribution in [0.1, 0.15) is 26.7 Å². The fourth-order valence-electron chi connectivity index (χ4n) is 2.25. The molecule has 1 rings (SSSR count). The maximum absolute atomic E-state index is 12.1. The maximum atomic E-state index is 12.1. The van der Waals surface area contributed by atoms with E-state index in [-0.39, 0.29) is 17.9 Å². The number of hydrogen-bond acceptors (Lipinski definition) is 3. The summed E-state index contributed by atoms with van der Waals surface area (Å²) in [6, 6.07) is -0.114. The van der Waals surface area contributed by atoms with E-state index < -0.39 is 10.6 Å². The second-order valence-corrected chi connectivity index (χ2v) is 4.65. The first-order valence-electron chi connectivity index (χ1n) is 5.23. The molecule has 1 fully saturated rings. The highest BCUT2D eigenvalue weighted by molar-refractivity contribution is 7.80. The third kappa shape index (κ3) is 1.90. The minimum atomic E-state index is -1.02. The molecule has 1 heterocycles. The zero-order valence-corrected chi connectivity index (χ0v) is 10.0. The minimum absolute atomic E-state index is 0.114. The third-order valence-electron chi connectivity index (χ3n) is 3.32. The van der Waals surface area contributed by atoms with Gasteiger partial charge in [0.15, 0.2) is 0 Å². The maximum Gasteiger partial charge on any atom is 0.521 e. The molecule has 1 unspecified atom stereocenters. The van der Waals surface area contributed by atoms with Crippen LogP contribution in [-0.4, -0.2) is 39.9 Å². The molecule has 0 spiro atoms. The molecular weight excluding hydrogens is 214 g/mol. The molecule has 0 aromatic rings. The molecule has 1 aliphatic rings. The van der Waals surface area contributed by atoms with Gasteiger partial charge in [0.2, 0.25) is 0 Å². The van der Waals surface area contributed by atoms with Gasteiger partial charge in [0, 0.05) is 18.6 Å². The number of hydrogen-bond donors (Lipinski definition) is 2. The summed E-state index contributed by atoms with van der Waals surface area (Å²) in [5, 5.41) is 9.28. The lowest BCUT2D eigenvalue weighted by atomic mass is 10.1. The van der Waals surface area contributed by atoms with E-state index in [2.05, 4.69) is 12.6 Å². The van der Waals surface area contributed by atoms with Gasteiger partial charge in [-0.05, 0) is 13.8 Å². The molecule has 1 aliphatic heterocycles. The summed E-state index contributed by atoms with van der Waals surface area (Å²) in [7, 11) is 0. The zero-order chi connectivity index (χ0) is 11.6. The van der Waals surface area contributed by atoms with Crippen LogP contribution < -0.4 is 0 Å². The second-order valence-electron chi connectivity index (χ2n) is 4.29. The highest BCUT2D eigenvalue weighted by atomic mass is 32.1. The van der Waals surface area contributed by atoms with Crippen molar-refractivity contribution >= 4 is 24.6 Å². The monoisotopic (exact) mass is 232 g/mol. The standard InChI is InChI=1S/C10H17NO3S/c1-7(6-15)9(12)11(10(13)14)5-3-4-8(11)2/h7-8H,3-6H2,1-2H3,(H-,13,14,15)/p+1/t7?,8-,11-/m0/s1. The number of likely N-dealkylation sites (tertiary alicyclic amines) is 1. The normalized spacial score (nSPS) is 32.6. The first-order valence-corrected chi connectivity index (χ1v) is 5.86. The summed E-state index contributed by atoms with van der Waals surface area (Å²) in [5.41, 5.74) is 0. The molecule has 0 aromatic heterocycles. The van der Waals surface area contributed by atoms with Crippen molar-refractivity contribution in [2.24, 2.45) is 5.92 Å². The Morgan fingerprint density at radius 2 is 2.20 bits per heavy atom. The summed E-state index contributed by atoms with van der Waals surface area (Å²) < 4.78 is -0.401. The largest absolute Gasteiger partial charge is 0.521 e. The van der Waals surface area contributed by atoms with Crippen LogP contribution in [0.2, 0.25) is 0 Å². The fourth-order valence-corrected chi connectivity index (χ4v) is 2.41. The van der Waals surface area contributed by atoms with E-state index in [1.807, 2.05) is 6.92 Å². The van der Waals surface area contributed by atoms with Crippen LogP contribution in [0, 0.1) is 5.92 Å². The fraction of sp³-hybridized carbons (Fsp3) is 0.800. The Bertz CT molecular complexity index is 282. The van der Waals surface area contributed by atoms with Gasteiger partial charge in [0.1, 0.15) is 6.04 Å². The van der Waals surface area contributed by atoms with Crippen LogP contribution in [0.25, 0.3) is 0 Å². The molecule has 0 bridgehead atoms. The molecule has 5 heteroatoms. The van der Waals surface area contributed by atoms with Crippen molar-refractivity contribution in [3.63, 3.8) is 0 Å². The first kappa shape index (κ1) is 12.5. The highest BCUT2D eigenvalue weighted by Gasteiger charge is 2.53. The number of carbonyl (C=O) groups is 2. The van der Waals surface area contributed by atoms with E-state index in [0.717, 1.165) is 12.8 Å². The van der Waals surface area contributed by atoms with E-state index in [0.29, 0.717) is 12.3 Å². The number of thiol groups is 1. The van der Waals surface area contributed by atoms with Crippen molar-refractivity contribution in [1.82, 2.24) is 0 Å². The third-order valence-corrected chi connectivity index (χ3v) is 3.86. The van der Waals surface area contributed by atoms with Crippen LogP contribution in [0.3, 0.4) is 0 Å².